The summed E-state index contributed by atoms with van der Waals surface area (Å²) in [7, 11) is 3.08. The molecule has 1 saturated heterocycles. The van der Waals surface area contributed by atoms with Crippen molar-refractivity contribution < 1.29 is 24.2 Å². The molecule has 8 heteroatoms. The van der Waals surface area contributed by atoms with Crippen LogP contribution in [0.4, 0.5) is 5.69 Å². The zero-order valence-corrected chi connectivity index (χ0v) is 16.1. The van der Waals surface area contributed by atoms with Crippen LogP contribution in [0.3, 0.4) is 0 Å². The lowest BCUT2D eigenvalue weighted by molar-refractivity contribution is -0.113. The maximum absolute atomic E-state index is 12.9. The summed E-state index contributed by atoms with van der Waals surface area (Å²) in [5.41, 5.74) is 1.35. The van der Waals surface area contributed by atoms with Crippen molar-refractivity contribution in [1.82, 2.24) is 0 Å². The molecule has 2 aromatic carbocycles. The van der Waals surface area contributed by atoms with Gasteiger partial charge >= 0.3 is 5.97 Å². The third kappa shape index (κ3) is 3.67. The first-order valence-electron chi connectivity index (χ1n) is 7.78. The zero-order chi connectivity index (χ0) is 19.6. The molecular weight excluding hydrogens is 386 g/mol. The minimum atomic E-state index is -1.03. The van der Waals surface area contributed by atoms with Gasteiger partial charge < -0.3 is 14.6 Å². The lowest BCUT2D eigenvalue weighted by Gasteiger charge is -2.14. The molecule has 0 unspecified atom stereocenters. The number of para-hydroxylation sites is 1. The van der Waals surface area contributed by atoms with E-state index in [1.54, 1.807) is 37.5 Å². The number of carboxylic acid groups (broad SMARTS) is 1. The number of carbonyl (C=O) groups is 2. The molecular formula is C19H15NO5S2. The zero-order valence-electron chi connectivity index (χ0n) is 14.5. The Hall–Kier alpha value is -2.84. The molecule has 3 rings (SSSR count). The van der Waals surface area contributed by atoms with Crippen molar-refractivity contribution in [2.24, 2.45) is 0 Å². The summed E-state index contributed by atoms with van der Waals surface area (Å²) in [6, 6.07) is 11.4. The van der Waals surface area contributed by atoms with Crippen molar-refractivity contribution in [3.8, 4) is 11.5 Å². The smallest absolute Gasteiger partial charge is 0.335 e. The molecule has 1 aliphatic heterocycles. The van der Waals surface area contributed by atoms with Gasteiger partial charge in [0, 0.05) is 5.56 Å². The van der Waals surface area contributed by atoms with E-state index in [1.807, 2.05) is 6.07 Å². The summed E-state index contributed by atoms with van der Waals surface area (Å²) in [6.45, 7) is 0. The Labute approximate surface area is 165 Å². The Morgan fingerprint density at radius 3 is 2.44 bits per heavy atom. The van der Waals surface area contributed by atoms with Gasteiger partial charge in [-0.25, -0.2) is 4.79 Å². The number of hydrogen-bond acceptors (Lipinski definition) is 6. The van der Waals surface area contributed by atoms with E-state index in [-0.39, 0.29) is 11.5 Å². The summed E-state index contributed by atoms with van der Waals surface area (Å²) in [5, 5.41) is 9.00. The minimum Gasteiger partial charge on any atom is -0.493 e. The standard InChI is InChI=1S/C19H15NO5S2/c1-24-14-5-3-4-12(16(14)25-2)10-15-17(21)20(19(26)27-15)13-8-6-11(7-9-13)18(22)23/h3-10H,1-2H3,(H,22,23)/b15-10-. The van der Waals surface area contributed by atoms with Crippen LogP contribution in [0.5, 0.6) is 11.5 Å². The van der Waals surface area contributed by atoms with E-state index in [0.29, 0.717) is 32.0 Å². The van der Waals surface area contributed by atoms with Crippen LogP contribution in [0.1, 0.15) is 15.9 Å². The fraction of sp³-hybridized carbons (Fsp3) is 0.105. The molecule has 0 saturated carbocycles. The van der Waals surface area contributed by atoms with Crippen molar-refractivity contribution in [2.45, 2.75) is 0 Å². The molecule has 6 nitrogen and oxygen atoms in total. The summed E-state index contributed by atoms with van der Waals surface area (Å²) < 4.78 is 11.0. The molecule has 138 valence electrons. The number of hydrogen-bond donors (Lipinski definition) is 1. The topological polar surface area (TPSA) is 76.1 Å². The molecule has 27 heavy (non-hydrogen) atoms. The van der Waals surface area contributed by atoms with Crippen molar-refractivity contribution in [3.63, 3.8) is 0 Å². The van der Waals surface area contributed by atoms with Crippen molar-refractivity contribution in [2.75, 3.05) is 19.1 Å². The number of rotatable bonds is 5. The van der Waals surface area contributed by atoms with E-state index in [9.17, 15) is 9.59 Å². The summed E-state index contributed by atoms with van der Waals surface area (Å²) in [5.74, 6) is -0.225. The van der Waals surface area contributed by atoms with Crippen LogP contribution in [-0.4, -0.2) is 35.5 Å². The monoisotopic (exact) mass is 401 g/mol. The number of nitrogens with zero attached hydrogens (tertiary/aromatic N) is 1. The molecule has 1 fully saturated rings. The lowest BCUT2D eigenvalue weighted by Crippen LogP contribution is -2.27. The van der Waals surface area contributed by atoms with Crippen molar-refractivity contribution in [1.29, 1.82) is 0 Å². The van der Waals surface area contributed by atoms with E-state index in [4.69, 9.17) is 26.8 Å². The maximum atomic E-state index is 12.9. The third-order valence-corrected chi connectivity index (χ3v) is 5.19. The first-order valence-corrected chi connectivity index (χ1v) is 9.01. The van der Waals surface area contributed by atoms with Gasteiger partial charge in [0.15, 0.2) is 15.8 Å². The average Bonchev–Trinajstić information content (AvgIpc) is 2.94. The Morgan fingerprint density at radius 2 is 1.85 bits per heavy atom. The van der Waals surface area contributed by atoms with Crippen LogP contribution in [0, 0.1) is 0 Å². The molecule has 0 atom stereocenters. The Balaban J connectivity index is 1.95. The normalized spacial score (nSPS) is 15.3. The van der Waals surface area contributed by atoms with Gasteiger partial charge in [0.1, 0.15) is 0 Å². The van der Waals surface area contributed by atoms with Crippen LogP contribution in [-0.2, 0) is 4.79 Å². The summed E-state index contributed by atoms with van der Waals surface area (Å²) in [6.07, 6.45) is 1.70. The van der Waals surface area contributed by atoms with Crippen LogP contribution >= 0.6 is 24.0 Å². The van der Waals surface area contributed by atoms with E-state index in [2.05, 4.69) is 0 Å². The van der Waals surface area contributed by atoms with E-state index < -0.39 is 5.97 Å². The number of carbonyl (C=O) groups excluding carboxylic acids is 1. The molecule has 0 radical (unpaired) electrons. The van der Waals surface area contributed by atoms with Crippen molar-refractivity contribution in [3.05, 3.63) is 58.5 Å². The molecule has 0 bridgehead atoms. The number of methoxy groups -OCH3 is 2. The maximum Gasteiger partial charge on any atom is 0.335 e. The van der Waals surface area contributed by atoms with Gasteiger partial charge in [-0.05, 0) is 36.4 Å². The average molecular weight is 401 g/mol. The molecule has 1 amide bonds. The quantitative estimate of drug-likeness (QED) is 0.603. The van der Waals surface area contributed by atoms with Gasteiger partial charge in [0.05, 0.1) is 30.4 Å². The van der Waals surface area contributed by atoms with Gasteiger partial charge in [-0.15, -0.1) is 0 Å². The number of ether oxygens (including phenoxy) is 2. The molecule has 0 aromatic heterocycles. The highest BCUT2D eigenvalue weighted by Crippen LogP contribution is 2.39. The summed E-state index contributed by atoms with van der Waals surface area (Å²) >= 11 is 6.51. The highest BCUT2D eigenvalue weighted by atomic mass is 32.2. The predicted octanol–water partition coefficient (Wildman–Crippen LogP) is 3.81. The molecule has 1 N–H and O–H groups in total. The first-order chi connectivity index (χ1) is 13.0. The SMILES string of the molecule is COc1cccc(/C=C2\SC(=S)N(c3ccc(C(=O)O)cc3)C2=O)c1OC. The third-order valence-electron chi connectivity index (χ3n) is 3.89. The fourth-order valence-corrected chi connectivity index (χ4v) is 3.90. The highest BCUT2D eigenvalue weighted by molar-refractivity contribution is 8.27. The van der Waals surface area contributed by atoms with Crippen LogP contribution in [0.2, 0.25) is 0 Å². The molecule has 1 heterocycles. The fourth-order valence-electron chi connectivity index (χ4n) is 2.61. The number of carboxylic acids is 1. The number of aromatic carboxylic acids is 1. The Kier molecular flexibility index (Phi) is 5.48. The molecule has 2 aromatic rings. The lowest BCUT2D eigenvalue weighted by atomic mass is 10.1. The number of anilines is 1. The Bertz CT molecular complexity index is 953. The number of benzene rings is 2. The molecule has 0 aliphatic carbocycles. The molecule has 1 aliphatic rings. The Morgan fingerprint density at radius 1 is 1.15 bits per heavy atom. The molecule has 0 spiro atoms. The van der Waals surface area contributed by atoms with E-state index >= 15 is 0 Å². The van der Waals surface area contributed by atoms with Gasteiger partial charge in [-0.3, -0.25) is 9.69 Å². The van der Waals surface area contributed by atoms with Gasteiger partial charge in [-0.1, -0.05) is 36.1 Å². The van der Waals surface area contributed by atoms with E-state index in [0.717, 1.165) is 0 Å². The number of thiocarbonyl (C=S) groups is 1. The number of amides is 1. The van der Waals surface area contributed by atoms with Gasteiger partial charge in [0.2, 0.25) is 0 Å². The van der Waals surface area contributed by atoms with Crippen LogP contribution in [0.15, 0.2) is 47.4 Å². The second-order valence-corrected chi connectivity index (χ2v) is 7.13. The second kappa shape index (κ2) is 7.81. The van der Waals surface area contributed by atoms with Crippen molar-refractivity contribution >= 4 is 51.9 Å². The first kappa shape index (κ1) is 18.9. The predicted molar refractivity (Wildman–Crippen MR) is 109 cm³/mol. The van der Waals surface area contributed by atoms with Gasteiger partial charge in [-0.2, -0.15) is 0 Å². The highest BCUT2D eigenvalue weighted by Gasteiger charge is 2.33. The van der Waals surface area contributed by atoms with Crippen LogP contribution in [0.25, 0.3) is 6.08 Å². The largest absolute Gasteiger partial charge is 0.493 e. The minimum absolute atomic E-state index is 0.140. The van der Waals surface area contributed by atoms with E-state index in [1.165, 1.54) is 35.9 Å². The van der Waals surface area contributed by atoms with Gasteiger partial charge in [0.25, 0.3) is 5.91 Å². The number of thioether (sulfide) groups is 1. The van der Waals surface area contributed by atoms with Crippen LogP contribution < -0.4 is 14.4 Å². The summed E-state index contributed by atoms with van der Waals surface area (Å²) in [4.78, 5) is 25.7. The second-order valence-electron chi connectivity index (χ2n) is 5.45.